The molecule has 0 unspecified atom stereocenters. The van der Waals surface area contributed by atoms with E-state index in [2.05, 4.69) is 11.6 Å². The van der Waals surface area contributed by atoms with Crippen molar-refractivity contribution in [2.75, 3.05) is 36.5 Å². The second-order valence-corrected chi connectivity index (χ2v) is 10.4. The monoisotopic (exact) mass is 555 g/mol. The van der Waals surface area contributed by atoms with Gasteiger partial charge >= 0.3 is 0 Å². The van der Waals surface area contributed by atoms with Crippen LogP contribution in [0.1, 0.15) is 18.9 Å². The van der Waals surface area contributed by atoms with Crippen LogP contribution >= 0.6 is 11.6 Å². The summed E-state index contributed by atoms with van der Waals surface area (Å²) in [7, 11) is 1.49. The highest BCUT2D eigenvalue weighted by molar-refractivity contribution is 6.34. The normalized spacial score (nSPS) is 22.4. The molecule has 1 aliphatic carbocycles. The SMILES string of the molecule is C=CC(=O)N1CCN2c3c(c(=O)n([C@@H]4C[C@@H]4F)c4nc(-c5c(O)cccc5F)c(Cl)cc34)N(C)C(=O)C[C@H]2C1. The Balaban J connectivity index is 1.65. The van der Waals surface area contributed by atoms with Crippen molar-refractivity contribution < 1.29 is 23.5 Å². The lowest BCUT2D eigenvalue weighted by atomic mass is 10.0. The minimum Gasteiger partial charge on any atom is -0.507 e. The van der Waals surface area contributed by atoms with Crippen LogP contribution in [0.5, 0.6) is 5.75 Å². The zero-order valence-electron chi connectivity index (χ0n) is 20.9. The van der Waals surface area contributed by atoms with Gasteiger partial charge < -0.3 is 19.8 Å². The lowest BCUT2D eigenvalue weighted by Crippen LogP contribution is -2.55. The summed E-state index contributed by atoms with van der Waals surface area (Å²) in [5.74, 6) is -1.76. The summed E-state index contributed by atoms with van der Waals surface area (Å²) in [5, 5.41) is 10.8. The Morgan fingerprint density at radius 1 is 1.26 bits per heavy atom. The summed E-state index contributed by atoms with van der Waals surface area (Å²) < 4.78 is 30.5. The van der Waals surface area contributed by atoms with Crippen LogP contribution in [0.2, 0.25) is 5.02 Å². The van der Waals surface area contributed by atoms with Crippen LogP contribution in [-0.4, -0.2) is 70.3 Å². The van der Waals surface area contributed by atoms with Gasteiger partial charge in [-0.3, -0.25) is 19.0 Å². The van der Waals surface area contributed by atoms with E-state index in [1.807, 2.05) is 4.90 Å². The van der Waals surface area contributed by atoms with Crippen LogP contribution in [0, 0.1) is 5.82 Å². The summed E-state index contributed by atoms with van der Waals surface area (Å²) >= 11 is 6.64. The molecule has 202 valence electrons. The summed E-state index contributed by atoms with van der Waals surface area (Å²) in [6.45, 7) is 4.40. The summed E-state index contributed by atoms with van der Waals surface area (Å²) in [4.78, 5) is 48.9. The molecule has 3 aliphatic rings. The minimum absolute atomic E-state index is 0.00172. The molecule has 0 spiro atoms. The van der Waals surface area contributed by atoms with Crippen molar-refractivity contribution >= 4 is 45.8 Å². The molecule has 39 heavy (non-hydrogen) atoms. The molecule has 1 saturated carbocycles. The van der Waals surface area contributed by atoms with Crippen LogP contribution in [0.25, 0.3) is 22.3 Å². The molecule has 3 atom stereocenters. The smallest absolute Gasteiger partial charge is 0.278 e. The Morgan fingerprint density at radius 3 is 2.67 bits per heavy atom. The molecular weight excluding hydrogens is 532 g/mol. The molecule has 2 aliphatic heterocycles. The molecule has 1 N–H and O–H groups in total. The van der Waals surface area contributed by atoms with Crippen molar-refractivity contribution in [2.24, 2.45) is 0 Å². The number of halogens is 3. The lowest BCUT2D eigenvalue weighted by molar-refractivity contribution is -0.127. The average Bonchev–Trinajstić information content (AvgIpc) is 3.64. The van der Waals surface area contributed by atoms with Crippen molar-refractivity contribution in [3.8, 4) is 17.0 Å². The standard InChI is InChI=1S/C27H24ClF2N5O4/c1-3-20(37)33-7-8-34-13(12-33)9-21(38)32(2)25-24(34)14-10-15(28)23(22-16(29)5-4-6-19(22)36)31-26(14)35(27(25)39)18-11-17(18)30/h3-6,10,13,17-18,36H,1,7-9,11-12H2,2H3/t13-,17-,18+/m0/s1. The molecule has 12 heteroatoms. The number of amides is 2. The van der Waals surface area contributed by atoms with Crippen molar-refractivity contribution in [3.63, 3.8) is 0 Å². The van der Waals surface area contributed by atoms with Crippen molar-refractivity contribution in [2.45, 2.75) is 31.1 Å². The number of fused-ring (bicyclic) bond motifs is 5. The van der Waals surface area contributed by atoms with E-state index in [9.17, 15) is 28.3 Å². The first-order chi connectivity index (χ1) is 18.6. The largest absolute Gasteiger partial charge is 0.507 e. The Kier molecular flexibility index (Phi) is 5.87. The predicted octanol–water partition coefficient (Wildman–Crippen LogP) is 3.41. The Morgan fingerprint density at radius 2 is 2.00 bits per heavy atom. The van der Waals surface area contributed by atoms with Gasteiger partial charge in [-0.15, -0.1) is 0 Å². The first-order valence-electron chi connectivity index (χ1n) is 12.5. The molecule has 0 radical (unpaired) electrons. The van der Waals surface area contributed by atoms with E-state index >= 15 is 0 Å². The average molecular weight is 556 g/mol. The number of benzene rings is 1. The van der Waals surface area contributed by atoms with Crippen molar-refractivity contribution in [1.82, 2.24) is 14.5 Å². The number of carbonyl (C=O) groups is 2. The number of phenolic OH excluding ortho intramolecular Hbond substituents is 1. The van der Waals surface area contributed by atoms with Crippen LogP contribution in [-0.2, 0) is 9.59 Å². The van der Waals surface area contributed by atoms with Gasteiger partial charge in [-0.05, 0) is 24.3 Å². The number of pyridine rings is 2. The molecule has 4 heterocycles. The van der Waals surface area contributed by atoms with E-state index in [4.69, 9.17) is 11.6 Å². The summed E-state index contributed by atoms with van der Waals surface area (Å²) in [6.07, 6.45) is 0.0417. The fourth-order valence-corrected chi connectivity index (χ4v) is 5.88. The Bertz CT molecular complexity index is 1620. The summed E-state index contributed by atoms with van der Waals surface area (Å²) in [5.41, 5.74) is -0.422. The maximum absolute atomic E-state index is 14.8. The molecule has 6 rings (SSSR count). The van der Waals surface area contributed by atoms with E-state index in [0.29, 0.717) is 24.2 Å². The van der Waals surface area contributed by atoms with Crippen LogP contribution in [0.3, 0.4) is 0 Å². The van der Waals surface area contributed by atoms with Gasteiger partial charge in [-0.25, -0.2) is 13.8 Å². The number of carbonyl (C=O) groups excluding carboxylic acids is 2. The first-order valence-corrected chi connectivity index (χ1v) is 12.8. The third-order valence-corrected chi connectivity index (χ3v) is 7.99. The quantitative estimate of drug-likeness (QED) is 0.497. The van der Waals surface area contributed by atoms with Gasteiger partial charge in [0.2, 0.25) is 11.8 Å². The van der Waals surface area contributed by atoms with Gasteiger partial charge in [-0.2, -0.15) is 0 Å². The second-order valence-electron chi connectivity index (χ2n) is 10.0. The molecule has 9 nitrogen and oxygen atoms in total. The van der Waals surface area contributed by atoms with E-state index in [1.54, 1.807) is 4.90 Å². The minimum atomic E-state index is -1.29. The van der Waals surface area contributed by atoms with Crippen LogP contribution in [0.4, 0.5) is 20.2 Å². The number of anilines is 2. The number of hydrogen-bond acceptors (Lipinski definition) is 6. The molecule has 2 aromatic heterocycles. The Hall–Kier alpha value is -3.99. The molecule has 0 bridgehead atoms. The fraction of sp³-hybridized carbons (Fsp3) is 0.333. The van der Waals surface area contributed by atoms with Crippen molar-refractivity contribution in [3.05, 3.63) is 58.1 Å². The van der Waals surface area contributed by atoms with Crippen LogP contribution in [0.15, 0.2) is 41.7 Å². The topological polar surface area (TPSA) is 99.0 Å². The number of aromatic nitrogens is 2. The highest BCUT2D eigenvalue weighted by Crippen LogP contribution is 2.46. The molecule has 2 amide bonds. The maximum Gasteiger partial charge on any atom is 0.278 e. The van der Waals surface area contributed by atoms with Gasteiger partial charge in [0, 0.05) is 44.9 Å². The number of rotatable bonds is 3. The van der Waals surface area contributed by atoms with Gasteiger partial charge in [0.1, 0.15) is 29.1 Å². The molecule has 1 aromatic carbocycles. The van der Waals surface area contributed by atoms with E-state index in [0.717, 1.165) is 6.07 Å². The maximum atomic E-state index is 14.8. The number of phenols is 1. The number of alkyl halides is 1. The third kappa shape index (κ3) is 3.86. The fourth-order valence-electron chi connectivity index (χ4n) is 5.64. The Labute approximate surface area is 226 Å². The molecule has 2 fully saturated rings. The highest BCUT2D eigenvalue weighted by Gasteiger charge is 2.45. The number of hydrogen-bond donors (Lipinski definition) is 1. The van der Waals surface area contributed by atoms with Gasteiger partial charge in [-0.1, -0.05) is 24.2 Å². The van der Waals surface area contributed by atoms with Crippen LogP contribution < -0.4 is 15.4 Å². The zero-order valence-corrected chi connectivity index (χ0v) is 21.7. The third-order valence-electron chi connectivity index (χ3n) is 7.70. The number of aromatic hydroxyl groups is 1. The molecule has 1 saturated heterocycles. The molecular formula is C27H24ClF2N5O4. The predicted molar refractivity (Wildman–Crippen MR) is 143 cm³/mol. The van der Waals surface area contributed by atoms with Crippen molar-refractivity contribution in [1.29, 1.82) is 0 Å². The second kappa shape index (κ2) is 9.04. The lowest BCUT2D eigenvalue weighted by Gasteiger charge is -2.42. The van der Waals surface area contributed by atoms with E-state index in [1.165, 1.54) is 40.8 Å². The van der Waals surface area contributed by atoms with E-state index in [-0.39, 0.29) is 58.8 Å². The summed E-state index contributed by atoms with van der Waals surface area (Å²) in [6, 6.07) is 4.01. The number of nitrogens with zero attached hydrogens (tertiary/aromatic N) is 5. The van der Waals surface area contributed by atoms with Gasteiger partial charge in [0.05, 0.1) is 34.1 Å². The first kappa shape index (κ1) is 25.3. The van der Waals surface area contributed by atoms with Gasteiger partial charge in [0.25, 0.3) is 5.56 Å². The van der Waals surface area contributed by atoms with Gasteiger partial charge in [0.15, 0.2) is 0 Å². The zero-order chi connectivity index (χ0) is 27.7. The number of piperazine rings is 1. The highest BCUT2D eigenvalue weighted by atomic mass is 35.5. The molecule has 3 aromatic rings. The van der Waals surface area contributed by atoms with E-state index < -0.39 is 35.4 Å².